The highest BCUT2D eigenvalue weighted by atomic mass is 79.9. The molecular formula is C22H12BrClO4. The number of carbonyl (C=O) groups excluding carboxylic acids is 2. The Bertz CT molecular complexity index is 1120. The van der Waals surface area contributed by atoms with Crippen LogP contribution in [0.4, 0.5) is 0 Å². The molecule has 1 aliphatic rings. The van der Waals surface area contributed by atoms with E-state index in [1.807, 2.05) is 24.3 Å². The molecule has 0 fully saturated rings. The second-order valence-corrected chi connectivity index (χ2v) is 7.40. The molecule has 4 nitrogen and oxygen atoms in total. The van der Waals surface area contributed by atoms with Gasteiger partial charge in [-0.3, -0.25) is 4.79 Å². The Labute approximate surface area is 174 Å². The molecule has 0 saturated heterocycles. The van der Waals surface area contributed by atoms with Crippen LogP contribution < -0.4 is 9.47 Å². The number of hydrogen-bond donors (Lipinski definition) is 0. The maximum absolute atomic E-state index is 12.5. The zero-order chi connectivity index (χ0) is 19.7. The van der Waals surface area contributed by atoms with E-state index in [4.69, 9.17) is 21.1 Å². The van der Waals surface area contributed by atoms with E-state index in [1.165, 1.54) is 12.1 Å². The van der Waals surface area contributed by atoms with Gasteiger partial charge < -0.3 is 9.47 Å². The van der Waals surface area contributed by atoms with Crippen LogP contribution in [0.25, 0.3) is 6.08 Å². The number of fused-ring (bicyclic) bond motifs is 1. The van der Waals surface area contributed by atoms with Crippen LogP contribution in [0.3, 0.4) is 0 Å². The summed E-state index contributed by atoms with van der Waals surface area (Å²) in [6.07, 6.45) is 1.67. The second kappa shape index (κ2) is 7.62. The van der Waals surface area contributed by atoms with Gasteiger partial charge in [0.05, 0.1) is 11.1 Å². The maximum atomic E-state index is 12.5. The monoisotopic (exact) mass is 454 g/mol. The Morgan fingerprint density at radius 1 is 1.04 bits per heavy atom. The molecule has 3 aromatic rings. The van der Waals surface area contributed by atoms with Crippen molar-refractivity contribution in [2.45, 2.75) is 0 Å². The van der Waals surface area contributed by atoms with Crippen LogP contribution in [-0.4, -0.2) is 11.8 Å². The number of ether oxygens (including phenoxy) is 2. The van der Waals surface area contributed by atoms with E-state index in [9.17, 15) is 9.59 Å². The van der Waals surface area contributed by atoms with Crippen molar-refractivity contribution in [1.29, 1.82) is 0 Å². The predicted octanol–water partition coefficient (Wildman–Crippen LogP) is 5.94. The number of esters is 1. The molecule has 0 spiro atoms. The third-order valence-corrected chi connectivity index (χ3v) is 4.84. The molecule has 138 valence electrons. The third kappa shape index (κ3) is 3.86. The molecule has 0 aliphatic carbocycles. The number of allylic oxidation sites excluding steroid dienone is 1. The smallest absolute Gasteiger partial charge is 0.343 e. The van der Waals surface area contributed by atoms with Crippen LogP contribution in [0, 0.1) is 0 Å². The molecule has 1 heterocycles. The number of rotatable bonds is 3. The van der Waals surface area contributed by atoms with Gasteiger partial charge in [0.1, 0.15) is 11.5 Å². The third-order valence-electron chi connectivity index (χ3n) is 4.08. The quantitative estimate of drug-likeness (QED) is 0.279. The lowest BCUT2D eigenvalue weighted by Gasteiger charge is -2.06. The molecule has 6 heteroatoms. The van der Waals surface area contributed by atoms with E-state index in [0.717, 1.165) is 10.0 Å². The summed E-state index contributed by atoms with van der Waals surface area (Å²) in [5.41, 5.74) is 1.60. The highest BCUT2D eigenvalue weighted by molar-refractivity contribution is 9.10. The zero-order valence-electron chi connectivity index (χ0n) is 14.3. The number of hydrogen-bond acceptors (Lipinski definition) is 4. The van der Waals surface area contributed by atoms with E-state index in [-0.39, 0.29) is 17.3 Å². The fourth-order valence-corrected chi connectivity index (χ4v) is 3.18. The number of halogens is 2. The molecule has 3 aromatic carbocycles. The van der Waals surface area contributed by atoms with Crippen molar-refractivity contribution in [2.75, 3.05) is 0 Å². The van der Waals surface area contributed by atoms with Crippen LogP contribution >= 0.6 is 27.5 Å². The predicted molar refractivity (Wildman–Crippen MR) is 110 cm³/mol. The summed E-state index contributed by atoms with van der Waals surface area (Å²) in [7, 11) is 0. The van der Waals surface area contributed by atoms with E-state index in [2.05, 4.69) is 15.9 Å². The molecular weight excluding hydrogens is 444 g/mol. The van der Waals surface area contributed by atoms with Gasteiger partial charge in [0.2, 0.25) is 5.78 Å². The highest BCUT2D eigenvalue weighted by Gasteiger charge is 2.28. The summed E-state index contributed by atoms with van der Waals surface area (Å²) < 4.78 is 12.0. The Morgan fingerprint density at radius 2 is 1.82 bits per heavy atom. The summed E-state index contributed by atoms with van der Waals surface area (Å²) in [6, 6.07) is 18.7. The first-order valence-electron chi connectivity index (χ1n) is 8.31. The summed E-state index contributed by atoms with van der Waals surface area (Å²) in [5, 5.41) is 0.444. The maximum Gasteiger partial charge on any atom is 0.343 e. The molecule has 1 aliphatic heterocycles. The van der Waals surface area contributed by atoms with Gasteiger partial charge in [-0.25, -0.2) is 4.79 Å². The molecule has 0 saturated carbocycles. The van der Waals surface area contributed by atoms with Crippen LogP contribution in [0.1, 0.15) is 26.3 Å². The molecule has 0 radical (unpaired) electrons. The average molecular weight is 456 g/mol. The molecule has 4 rings (SSSR count). The molecule has 28 heavy (non-hydrogen) atoms. The first-order chi connectivity index (χ1) is 13.5. The number of carbonyl (C=O) groups is 2. The van der Waals surface area contributed by atoms with Gasteiger partial charge in [0.25, 0.3) is 0 Å². The number of benzene rings is 3. The molecule has 0 N–H and O–H groups in total. The van der Waals surface area contributed by atoms with Crippen LogP contribution in [-0.2, 0) is 0 Å². The lowest BCUT2D eigenvalue weighted by atomic mass is 10.1. The average Bonchev–Trinajstić information content (AvgIpc) is 2.98. The van der Waals surface area contributed by atoms with Crippen molar-refractivity contribution in [3.63, 3.8) is 0 Å². The van der Waals surface area contributed by atoms with Crippen molar-refractivity contribution in [3.8, 4) is 11.5 Å². The SMILES string of the molecule is O=C(Oc1ccc2c(c1)O/C(=C\c1ccc(Br)cc1)C2=O)c1cccc(Cl)c1. The summed E-state index contributed by atoms with van der Waals surface area (Å²) >= 11 is 9.28. The van der Waals surface area contributed by atoms with Crippen LogP contribution in [0.15, 0.2) is 77.0 Å². The van der Waals surface area contributed by atoms with Gasteiger partial charge >= 0.3 is 5.97 Å². The standard InChI is InChI=1S/C22H12BrClO4/c23-15-6-4-13(5-7-15)10-20-21(25)18-9-8-17(12-19(18)28-20)27-22(26)14-2-1-3-16(24)11-14/h1-12H/b20-10-. The lowest BCUT2D eigenvalue weighted by molar-refractivity contribution is 0.0734. The summed E-state index contributed by atoms with van der Waals surface area (Å²) in [6.45, 7) is 0. The van der Waals surface area contributed by atoms with E-state index in [1.54, 1.807) is 36.4 Å². The lowest BCUT2D eigenvalue weighted by Crippen LogP contribution is -2.08. The molecule has 0 aromatic heterocycles. The van der Waals surface area contributed by atoms with E-state index < -0.39 is 5.97 Å². The summed E-state index contributed by atoms with van der Waals surface area (Å²) in [5.74, 6) is 0.0878. The van der Waals surface area contributed by atoms with Crippen molar-refractivity contribution in [1.82, 2.24) is 0 Å². The molecule has 0 amide bonds. The van der Waals surface area contributed by atoms with Crippen LogP contribution in [0.2, 0.25) is 5.02 Å². The molecule has 0 atom stereocenters. The van der Waals surface area contributed by atoms with E-state index in [0.29, 0.717) is 21.9 Å². The van der Waals surface area contributed by atoms with Gasteiger partial charge in [-0.2, -0.15) is 0 Å². The van der Waals surface area contributed by atoms with Gasteiger partial charge in [-0.15, -0.1) is 0 Å². The first kappa shape index (κ1) is 18.5. The Hall–Kier alpha value is -2.89. The second-order valence-electron chi connectivity index (χ2n) is 6.05. The minimum atomic E-state index is -0.544. The topological polar surface area (TPSA) is 52.6 Å². The first-order valence-corrected chi connectivity index (χ1v) is 9.48. The Balaban J connectivity index is 1.55. The van der Waals surface area contributed by atoms with E-state index >= 15 is 0 Å². The van der Waals surface area contributed by atoms with Crippen molar-refractivity contribution < 1.29 is 19.1 Å². The fraction of sp³-hybridized carbons (Fsp3) is 0. The van der Waals surface area contributed by atoms with Gasteiger partial charge in [-0.1, -0.05) is 45.7 Å². The number of ketones is 1. The highest BCUT2D eigenvalue weighted by Crippen LogP contribution is 2.35. The van der Waals surface area contributed by atoms with Crippen molar-refractivity contribution in [3.05, 3.63) is 98.7 Å². The summed E-state index contributed by atoms with van der Waals surface area (Å²) in [4.78, 5) is 24.8. The Morgan fingerprint density at radius 3 is 2.57 bits per heavy atom. The Kier molecular flexibility index (Phi) is 5.03. The zero-order valence-corrected chi connectivity index (χ0v) is 16.7. The largest absolute Gasteiger partial charge is 0.452 e. The molecule has 0 unspecified atom stereocenters. The minimum Gasteiger partial charge on any atom is -0.452 e. The van der Waals surface area contributed by atoms with Crippen LogP contribution in [0.5, 0.6) is 11.5 Å². The van der Waals surface area contributed by atoms with Gasteiger partial charge in [0, 0.05) is 15.6 Å². The number of Topliss-reactive ketones (excluding diaryl/α,β-unsaturated/α-hetero) is 1. The fourth-order valence-electron chi connectivity index (χ4n) is 2.72. The van der Waals surface area contributed by atoms with Gasteiger partial charge in [0.15, 0.2) is 5.76 Å². The molecule has 0 bridgehead atoms. The van der Waals surface area contributed by atoms with Crippen molar-refractivity contribution >= 4 is 45.4 Å². The normalized spacial score (nSPS) is 13.9. The minimum absolute atomic E-state index is 0.217. The van der Waals surface area contributed by atoms with Crippen molar-refractivity contribution in [2.24, 2.45) is 0 Å². The van der Waals surface area contributed by atoms with Gasteiger partial charge in [-0.05, 0) is 54.1 Å².